The predicted molar refractivity (Wildman–Crippen MR) is 88.8 cm³/mol. The summed E-state index contributed by atoms with van der Waals surface area (Å²) in [5.74, 6) is -0.00641. The van der Waals surface area contributed by atoms with Crippen molar-refractivity contribution in [2.75, 3.05) is 7.11 Å². The van der Waals surface area contributed by atoms with Crippen molar-refractivity contribution >= 4 is 11.5 Å². The Morgan fingerprint density at radius 1 is 1.25 bits per heavy atom. The minimum atomic E-state index is -0.971. The summed E-state index contributed by atoms with van der Waals surface area (Å²) in [5, 5.41) is 0. The molecule has 0 bridgehead atoms. The van der Waals surface area contributed by atoms with Crippen molar-refractivity contribution in [3.63, 3.8) is 0 Å². The lowest BCUT2D eigenvalue weighted by Crippen LogP contribution is -2.34. The molecule has 0 fully saturated rings. The largest absolute Gasteiger partial charge is 0.468 e. The lowest BCUT2D eigenvalue weighted by Gasteiger charge is -2.26. The van der Waals surface area contributed by atoms with Crippen LogP contribution in [0.15, 0.2) is 36.7 Å². The van der Waals surface area contributed by atoms with E-state index in [9.17, 15) is 9.18 Å². The number of hydrogen-bond donors (Lipinski definition) is 0. The number of halogens is 1. The van der Waals surface area contributed by atoms with Gasteiger partial charge in [-0.15, -0.1) is 0 Å². The molecule has 0 aliphatic heterocycles. The van der Waals surface area contributed by atoms with Crippen LogP contribution in [0.4, 0.5) is 4.39 Å². The first-order valence-electron chi connectivity index (χ1n) is 7.82. The number of hydrogen-bond acceptors (Lipinski definition) is 4. The summed E-state index contributed by atoms with van der Waals surface area (Å²) in [5.41, 5.74) is 2.00. The van der Waals surface area contributed by atoms with Crippen molar-refractivity contribution in [3.8, 4) is 0 Å². The molecule has 0 radical (unpaired) electrons. The SMILES string of the molecule is COC(=O)C1(c2cccc(F)c2C)C=C(c2cnc(C)nc2)CC1. The number of carbonyl (C=O) groups excluding carboxylic acids is 1. The van der Waals surface area contributed by atoms with Crippen molar-refractivity contribution in [3.05, 3.63) is 65.0 Å². The fourth-order valence-corrected chi connectivity index (χ4v) is 3.32. The van der Waals surface area contributed by atoms with Crippen molar-refractivity contribution in [1.82, 2.24) is 9.97 Å². The lowest BCUT2D eigenvalue weighted by atomic mass is 9.77. The van der Waals surface area contributed by atoms with E-state index in [-0.39, 0.29) is 11.8 Å². The summed E-state index contributed by atoms with van der Waals surface area (Å²) in [4.78, 5) is 21.0. The molecule has 1 atom stereocenters. The van der Waals surface area contributed by atoms with E-state index < -0.39 is 5.41 Å². The van der Waals surface area contributed by atoms with Crippen LogP contribution in [0.25, 0.3) is 5.57 Å². The molecule has 0 saturated heterocycles. The van der Waals surface area contributed by atoms with Gasteiger partial charge in [-0.25, -0.2) is 14.4 Å². The average Bonchev–Trinajstić information content (AvgIpc) is 3.03. The van der Waals surface area contributed by atoms with Gasteiger partial charge in [0.2, 0.25) is 0 Å². The van der Waals surface area contributed by atoms with Crippen LogP contribution in [0.2, 0.25) is 0 Å². The Kier molecular flexibility index (Phi) is 4.18. The fourth-order valence-electron chi connectivity index (χ4n) is 3.32. The van der Waals surface area contributed by atoms with Gasteiger partial charge in [0, 0.05) is 18.0 Å². The van der Waals surface area contributed by atoms with Gasteiger partial charge in [0.05, 0.1) is 7.11 Å². The molecule has 0 N–H and O–H groups in total. The van der Waals surface area contributed by atoms with Crippen LogP contribution < -0.4 is 0 Å². The molecule has 3 rings (SSSR count). The molecule has 2 aromatic rings. The third-order valence-electron chi connectivity index (χ3n) is 4.66. The molecule has 24 heavy (non-hydrogen) atoms. The van der Waals surface area contributed by atoms with E-state index in [2.05, 4.69) is 9.97 Å². The van der Waals surface area contributed by atoms with Crippen LogP contribution in [-0.4, -0.2) is 23.0 Å². The molecule has 0 amide bonds. The van der Waals surface area contributed by atoms with E-state index in [0.717, 1.165) is 11.1 Å². The standard InChI is InChI=1S/C19H19FN2O2/c1-12-16(5-4-6-17(12)20)19(18(23)24-3)8-7-14(9-19)15-10-21-13(2)22-11-15/h4-6,9-11H,7-8H2,1-3H3. The molecule has 0 spiro atoms. The van der Waals surface area contributed by atoms with E-state index in [1.165, 1.54) is 13.2 Å². The molecule has 1 aliphatic rings. The van der Waals surface area contributed by atoms with Crippen LogP contribution in [0.5, 0.6) is 0 Å². The minimum Gasteiger partial charge on any atom is -0.468 e. The number of ether oxygens (including phenoxy) is 1. The molecule has 4 nitrogen and oxygen atoms in total. The summed E-state index contributed by atoms with van der Waals surface area (Å²) in [6.07, 6.45) is 6.60. The fraction of sp³-hybridized carbons (Fsp3) is 0.316. The number of nitrogens with zero attached hydrogens (tertiary/aromatic N) is 2. The number of carbonyl (C=O) groups is 1. The molecule has 5 heteroatoms. The van der Waals surface area contributed by atoms with Gasteiger partial charge in [-0.2, -0.15) is 0 Å². The van der Waals surface area contributed by atoms with Crippen molar-refractivity contribution < 1.29 is 13.9 Å². The molecule has 1 aromatic carbocycles. The van der Waals surface area contributed by atoms with Crippen molar-refractivity contribution in [2.45, 2.75) is 32.1 Å². The highest BCUT2D eigenvalue weighted by molar-refractivity contribution is 5.91. The van der Waals surface area contributed by atoms with Crippen LogP contribution >= 0.6 is 0 Å². The molecule has 1 heterocycles. The zero-order valence-corrected chi connectivity index (χ0v) is 14.0. The van der Waals surface area contributed by atoms with E-state index in [1.54, 1.807) is 31.5 Å². The Labute approximate surface area is 140 Å². The molecular weight excluding hydrogens is 307 g/mol. The second-order valence-electron chi connectivity index (χ2n) is 6.06. The van der Waals surface area contributed by atoms with Gasteiger partial charge in [-0.3, -0.25) is 4.79 Å². The normalized spacial score (nSPS) is 19.9. The first-order valence-corrected chi connectivity index (χ1v) is 7.82. The number of benzene rings is 1. The Morgan fingerprint density at radius 2 is 1.96 bits per heavy atom. The van der Waals surface area contributed by atoms with Gasteiger partial charge >= 0.3 is 5.97 Å². The molecule has 1 aromatic heterocycles. The predicted octanol–water partition coefficient (Wildman–Crippen LogP) is 3.52. The van der Waals surface area contributed by atoms with E-state index in [4.69, 9.17) is 4.74 Å². The maximum atomic E-state index is 14.0. The highest BCUT2D eigenvalue weighted by Gasteiger charge is 2.44. The molecule has 1 aliphatic carbocycles. The van der Waals surface area contributed by atoms with Gasteiger partial charge in [0.25, 0.3) is 0 Å². The number of aryl methyl sites for hydroxylation is 1. The average molecular weight is 326 g/mol. The summed E-state index contributed by atoms with van der Waals surface area (Å²) < 4.78 is 19.1. The Balaban J connectivity index is 2.13. The maximum absolute atomic E-state index is 14.0. The van der Waals surface area contributed by atoms with Crippen molar-refractivity contribution in [2.24, 2.45) is 0 Å². The summed E-state index contributed by atoms with van der Waals surface area (Å²) in [6, 6.07) is 4.82. The number of rotatable bonds is 3. The quantitative estimate of drug-likeness (QED) is 0.810. The highest BCUT2D eigenvalue weighted by Crippen LogP contribution is 2.44. The number of aromatic nitrogens is 2. The second kappa shape index (κ2) is 6.15. The third kappa shape index (κ3) is 2.60. The number of allylic oxidation sites excluding steroid dienone is 1. The Hall–Kier alpha value is -2.56. The summed E-state index contributed by atoms with van der Waals surface area (Å²) >= 11 is 0. The lowest BCUT2D eigenvalue weighted by molar-refractivity contribution is -0.145. The van der Waals surface area contributed by atoms with E-state index in [0.29, 0.717) is 29.8 Å². The van der Waals surface area contributed by atoms with E-state index >= 15 is 0 Å². The molecular formula is C19H19FN2O2. The monoisotopic (exact) mass is 326 g/mol. The summed E-state index contributed by atoms with van der Waals surface area (Å²) in [6.45, 7) is 3.51. The van der Waals surface area contributed by atoms with Gasteiger partial charge < -0.3 is 4.74 Å². The second-order valence-corrected chi connectivity index (χ2v) is 6.06. The topological polar surface area (TPSA) is 52.1 Å². The molecule has 0 saturated carbocycles. The Morgan fingerprint density at radius 3 is 2.62 bits per heavy atom. The number of esters is 1. The first kappa shape index (κ1) is 16.3. The van der Waals surface area contributed by atoms with Gasteiger partial charge in [-0.1, -0.05) is 18.2 Å². The van der Waals surface area contributed by atoms with Crippen LogP contribution in [0.1, 0.15) is 35.4 Å². The van der Waals surface area contributed by atoms with Gasteiger partial charge in [0.15, 0.2) is 0 Å². The van der Waals surface area contributed by atoms with Crippen LogP contribution in [-0.2, 0) is 14.9 Å². The van der Waals surface area contributed by atoms with Gasteiger partial charge in [0.1, 0.15) is 17.1 Å². The van der Waals surface area contributed by atoms with Crippen molar-refractivity contribution in [1.29, 1.82) is 0 Å². The smallest absolute Gasteiger partial charge is 0.320 e. The Bertz CT molecular complexity index is 815. The first-order chi connectivity index (χ1) is 11.5. The van der Waals surface area contributed by atoms with Crippen LogP contribution in [0, 0.1) is 19.7 Å². The number of methoxy groups -OCH3 is 1. The minimum absolute atomic E-state index is 0.323. The molecule has 124 valence electrons. The van der Waals surface area contributed by atoms with Crippen LogP contribution in [0.3, 0.4) is 0 Å². The van der Waals surface area contributed by atoms with Gasteiger partial charge in [-0.05, 0) is 49.5 Å². The zero-order chi connectivity index (χ0) is 17.3. The third-order valence-corrected chi connectivity index (χ3v) is 4.66. The highest BCUT2D eigenvalue weighted by atomic mass is 19.1. The van der Waals surface area contributed by atoms with E-state index in [1.807, 2.05) is 13.0 Å². The molecule has 1 unspecified atom stereocenters. The summed E-state index contributed by atoms with van der Waals surface area (Å²) in [7, 11) is 1.36. The zero-order valence-electron chi connectivity index (χ0n) is 14.0. The maximum Gasteiger partial charge on any atom is 0.320 e.